The molecule has 0 aliphatic rings. The summed E-state index contributed by atoms with van der Waals surface area (Å²) in [5.74, 6) is 0. The highest BCUT2D eigenvalue weighted by Crippen LogP contribution is 2.60. The number of rotatable bonds is 46. The van der Waals surface area contributed by atoms with Crippen molar-refractivity contribution in [2.75, 3.05) is 26.4 Å². The van der Waals surface area contributed by atoms with Gasteiger partial charge in [0.1, 0.15) is 0 Å². The molecule has 0 aliphatic carbocycles. The first kappa shape index (κ1) is 62.6. The second-order valence-corrected chi connectivity index (χ2v) is 29.0. The van der Waals surface area contributed by atoms with Gasteiger partial charge >= 0.3 is 15.2 Å². The van der Waals surface area contributed by atoms with Crippen LogP contribution in [0, 0.1) is 0 Å². The lowest BCUT2D eigenvalue weighted by atomic mass is 10.1. The second-order valence-electron chi connectivity index (χ2n) is 20.0. The molecule has 5 rings (SSSR count). The molecule has 6 nitrogen and oxygen atoms in total. The van der Waals surface area contributed by atoms with Crippen molar-refractivity contribution in [3.05, 3.63) is 59.3 Å². The molecule has 13 heteroatoms. The Morgan fingerprint density at radius 1 is 0.315 bits per heavy atom. The van der Waals surface area contributed by atoms with Crippen LogP contribution in [0.1, 0.15) is 233 Å². The van der Waals surface area contributed by atoms with Gasteiger partial charge in [0, 0.05) is 29.3 Å². The fraction of sp³-hybridized carbons (Fsp3) is 0.667. The van der Waals surface area contributed by atoms with Crippen molar-refractivity contribution >= 4 is 82.5 Å². The standard InChI is InChI=1S/C60H94O6P2S5/c1-5-9-13-17-21-25-29-33-45-63-67(61,64-46-34-30-26-22-18-14-10-6-2)57-58(68(62,65-47-35-31-27-23-19-15-11-7-3)66-48-36-32-28-24-20-16-12-8-4)60(56-44-42-54(72-56)52-40-38-50-70-52)73-59(57)55-43-41-53(71-55)51-39-37-49-69-51/h37-44,49-50H,5-36,45-48H2,1-4H3. The van der Waals surface area contributed by atoms with Crippen molar-refractivity contribution in [2.24, 2.45) is 0 Å². The number of hydrogen-bond donors (Lipinski definition) is 0. The van der Waals surface area contributed by atoms with Gasteiger partial charge in [0.05, 0.1) is 46.8 Å². The van der Waals surface area contributed by atoms with Gasteiger partial charge < -0.3 is 18.1 Å². The quantitative estimate of drug-likeness (QED) is 0.0286. The fourth-order valence-corrected chi connectivity index (χ4v) is 19.9. The van der Waals surface area contributed by atoms with Gasteiger partial charge in [0.2, 0.25) is 0 Å². The molecule has 0 bridgehead atoms. The van der Waals surface area contributed by atoms with Gasteiger partial charge in [-0.05, 0) is 72.8 Å². The van der Waals surface area contributed by atoms with Crippen molar-refractivity contribution in [3.8, 4) is 39.0 Å². The molecule has 5 aromatic rings. The first-order valence-electron chi connectivity index (χ1n) is 29.1. The van der Waals surface area contributed by atoms with Gasteiger partial charge in [0.15, 0.2) is 0 Å². The van der Waals surface area contributed by atoms with Crippen LogP contribution in [0.15, 0.2) is 59.3 Å². The van der Waals surface area contributed by atoms with E-state index in [9.17, 15) is 0 Å². The van der Waals surface area contributed by atoms with Gasteiger partial charge in [-0.2, -0.15) is 0 Å². The van der Waals surface area contributed by atoms with Crippen molar-refractivity contribution in [2.45, 2.75) is 233 Å². The molecule has 0 fully saturated rings. The number of thiophene rings is 5. The van der Waals surface area contributed by atoms with Crippen molar-refractivity contribution < 1.29 is 27.2 Å². The lowest BCUT2D eigenvalue weighted by molar-refractivity contribution is 0.203. The molecule has 0 aliphatic heterocycles. The maximum Gasteiger partial charge on any atom is 0.363 e. The Hall–Kier alpha value is -1.20. The topological polar surface area (TPSA) is 71.1 Å². The number of unbranched alkanes of at least 4 members (excludes halogenated alkanes) is 28. The molecule has 5 heterocycles. The maximum absolute atomic E-state index is 16.6. The van der Waals surface area contributed by atoms with E-state index in [2.05, 4.69) is 87.0 Å². The zero-order valence-electron chi connectivity index (χ0n) is 45.6. The predicted molar refractivity (Wildman–Crippen MR) is 326 cm³/mol. The van der Waals surface area contributed by atoms with Crippen LogP contribution in [-0.4, -0.2) is 26.4 Å². The molecule has 0 amide bonds. The second kappa shape index (κ2) is 37.6. The summed E-state index contributed by atoms with van der Waals surface area (Å²) in [6, 6.07) is 17.1. The Balaban J connectivity index is 1.60. The summed E-state index contributed by atoms with van der Waals surface area (Å²) in [6.07, 6.45) is 36.5. The first-order chi connectivity index (χ1) is 35.9. The molecular formula is C60H94O6P2S5. The summed E-state index contributed by atoms with van der Waals surface area (Å²) in [7, 11) is -8.35. The van der Waals surface area contributed by atoms with Gasteiger partial charge in [-0.3, -0.25) is 9.13 Å². The Kier molecular flexibility index (Phi) is 32.3. The summed E-state index contributed by atoms with van der Waals surface area (Å²) < 4.78 is 60.5. The van der Waals surface area contributed by atoms with E-state index < -0.39 is 15.2 Å². The third kappa shape index (κ3) is 22.2. The molecule has 0 unspecified atom stereocenters. The molecule has 410 valence electrons. The Morgan fingerprint density at radius 3 is 0.836 bits per heavy atom. The molecule has 73 heavy (non-hydrogen) atoms. The van der Waals surface area contributed by atoms with Gasteiger partial charge in [0.25, 0.3) is 0 Å². The monoisotopic (exact) mass is 1130 g/mol. The largest absolute Gasteiger partial charge is 0.363 e. The zero-order valence-corrected chi connectivity index (χ0v) is 51.5. The van der Waals surface area contributed by atoms with Crippen LogP contribution < -0.4 is 10.6 Å². The van der Waals surface area contributed by atoms with E-state index in [1.165, 1.54) is 138 Å². The van der Waals surface area contributed by atoms with Gasteiger partial charge in [-0.25, -0.2) is 0 Å². The Bertz CT molecular complexity index is 2020. The Labute approximate surface area is 464 Å². The molecule has 0 atom stereocenters. The molecule has 0 radical (unpaired) electrons. The molecular weight excluding hydrogens is 1040 g/mol. The van der Waals surface area contributed by atoms with E-state index in [0.29, 0.717) is 37.0 Å². The SMILES string of the molecule is CCCCCCCCCCOP(=O)(OCCCCCCCCCC)c1c(-c2ccc(-c3cccs3)s2)sc(-c2ccc(-c3cccs3)s2)c1P(=O)(OCCCCCCCCCC)OCCCCCCCCCC. The predicted octanol–water partition coefficient (Wildman–Crippen LogP) is 22.9. The van der Waals surface area contributed by atoms with E-state index in [1.54, 1.807) is 56.7 Å². The maximum atomic E-state index is 16.6. The van der Waals surface area contributed by atoms with Gasteiger partial charge in [-0.15, -0.1) is 56.7 Å². The fourth-order valence-electron chi connectivity index (χ4n) is 9.29. The van der Waals surface area contributed by atoms with Crippen LogP contribution in [0.2, 0.25) is 0 Å². The summed E-state index contributed by atoms with van der Waals surface area (Å²) in [4.78, 5) is 8.11. The van der Waals surface area contributed by atoms with E-state index >= 15 is 9.13 Å². The normalized spacial score (nSPS) is 12.2. The lowest BCUT2D eigenvalue weighted by Crippen LogP contribution is -2.29. The first-order valence-corrected chi connectivity index (χ1v) is 36.4. The lowest BCUT2D eigenvalue weighted by Gasteiger charge is -2.25. The van der Waals surface area contributed by atoms with Crippen LogP contribution >= 0.6 is 71.9 Å². The van der Waals surface area contributed by atoms with E-state index in [-0.39, 0.29) is 0 Å². The third-order valence-electron chi connectivity index (χ3n) is 13.6. The summed E-state index contributed by atoms with van der Waals surface area (Å²) in [5.41, 5.74) is 0. The molecule has 0 saturated carbocycles. The van der Waals surface area contributed by atoms with Crippen molar-refractivity contribution in [1.82, 2.24) is 0 Å². The highest BCUT2D eigenvalue weighted by Gasteiger charge is 2.46. The van der Waals surface area contributed by atoms with E-state index in [1.807, 2.05) is 0 Å². The number of hydrogen-bond acceptors (Lipinski definition) is 11. The minimum absolute atomic E-state index is 0.294. The molecule has 0 aromatic carbocycles. The van der Waals surface area contributed by atoms with Crippen LogP contribution in [0.25, 0.3) is 39.0 Å². The summed E-state index contributed by atoms with van der Waals surface area (Å²) in [6.45, 7) is 10.2. The van der Waals surface area contributed by atoms with Crippen LogP contribution in [0.5, 0.6) is 0 Å². The average molecular weight is 1130 g/mol. The van der Waals surface area contributed by atoms with Crippen LogP contribution in [-0.2, 0) is 27.2 Å². The summed E-state index contributed by atoms with van der Waals surface area (Å²) >= 11 is 8.35. The Morgan fingerprint density at radius 2 is 0.575 bits per heavy atom. The summed E-state index contributed by atoms with van der Waals surface area (Å²) in [5, 5.41) is 5.01. The third-order valence-corrected chi connectivity index (χ3v) is 24.0. The molecule has 0 N–H and O–H groups in total. The van der Waals surface area contributed by atoms with Crippen molar-refractivity contribution in [1.29, 1.82) is 0 Å². The van der Waals surface area contributed by atoms with Crippen LogP contribution in [0.3, 0.4) is 0 Å². The highest BCUT2D eigenvalue weighted by atomic mass is 32.1. The van der Waals surface area contributed by atoms with Crippen LogP contribution in [0.4, 0.5) is 0 Å². The van der Waals surface area contributed by atoms with E-state index in [0.717, 1.165) is 106 Å². The van der Waals surface area contributed by atoms with Gasteiger partial charge in [-0.1, -0.05) is 220 Å². The average Bonchev–Trinajstić information content (AvgIpc) is 4.26. The minimum Gasteiger partial charge on any atom is -0.305 e. The molecule has 0 spiro atoms. The molecule has 5 aromatic heterocycles. The molecule has 0 saturated heterocycles. The highest BCUT2D eigenvalue weighted by molar-refractivity contribution is 7.71. The zero-order chi connectivity index (χ0) is 51.7. The van der Waals surface area contributed by atoms with E-state index in [4.69, 9.17) is 18.1 Å². The minimum atomic E-state index is -4.17. The van der Waals surface area contributed by atoms with Crippen molar-refractivity contribution in [3.63, 3.8) is 0 Å². The smallest absolute Gasteiger partial charge is 0.305 e.